The molecule has 1 fully saturated rings. The van der Waals surface area contributed by atoms with Gasteiger partial charge in [0.05, 0.1) is 6.54 Å². The molecule has 8 heteroatoms. The number of carbonyl (C=O) groups excluding carboxylic acids is 2. The number of benzene rings is 1. The summed E-state index contributed by atoms with van der Waals surface area (Å²) in [6.07, 6.45) is 2.74. The van der Waals surface area contributed by atoms with E-state index in [1.807, 2.05) is 24.3 Å². The van der Waals surface area contributed by atoms with Crippen molar-refractivity contribution < 1.29 is 9.59 Å². The monoisotopic (exact) mass is 416 g/mol. The Kier molecular flexibility index (Phi) is 9.60. The van der Waals surface area contributed by atoms with Crippen LogP contribution in [0.25, 0.3) is 0 Å². The summed E-state index contributed by atoms with van der Waals surface area (Å²) in [6.45, 7) is 5.76. The Morgan fingerprint density at radius 3 is 2.60 bits per heavy atom. The molecule has 2 amide bonds. The number of nitrogens with zero attached hydrogens (tertiary/aromatic N) is 3. The molecule has 166 valence electrons. The SMILES string of the molecule is CCNC(=NCCc1cccc(C(=O)N(C)C)c1)NC1CCN(CC(=O)NC)CC1. The van der Waals surface area contributed by atoms with Crippen molar-refractivity contribution in [3.05, 3.63) is 35.4 Å². The van der Waals surface area contributed by atoms with Gasteiger partial charge in [0.15, 0.2) is 5.96 Å². The van der Waals surface area contributed by atoms with Crippen LogP contribution in [0.2, 0.25) is 0 Å². The van der Waals surface area contributed by atoms with Crippen molar-refractivity contribution in [3.63, 3.8) is 0 Å². The zero-order chi connectivity index (χ0) is 21.9. The van der Waals surface area contributed by atoms with Crippen molar-refractivity contribution in [2.45, 2.75) is 32.2 Å². The fraction of sp³-hybridized carbons (Fsp3) is 0.591. The van der Waals surface area contributed by atoms with Crippen molar-refractivity contribution >= 4 is 17.8 Å². The van der Waals surface area contributed by atoms with Crippen LogP contribution in [0.4, 0.5) is 0 Å². The molecule has 3 N–H and O–H groups in total. The molecular weight excluding hydrogens is 380 g/mol. The van der Waals surface area contributed by atoms with Crippen LogP contribution in [0, 0.1) is 0 Å². The molecule has 1 heterocycles. The molecule has 8 nitrogen and oxygen atoms in total. The maximum absolute atomic E-state index is 12.1. The predicted molar refractivity (Wildman–Crippen MR) is 121 cm³/mol. The molecule has 0 atom stereocenters. The summed E-state index contributed by atoms with van der Waals surface area (Å²) in [7, 11) is 5.19. The quantitative estimate of drug-likeness (QED) is 0.429. The predicted octanol–water partition coefficient (Wildman–Crippen LogP) is 0.696. The molecule has 0 unspecified atom stereocenters. The van der Waals surface area contributed by atoms with E-state index in [0.29, 0.717) is 24.7 Å². The van der Waals surface area contributed by atoms with E-state index < -0.39 is 0 Å². The number of aliphatic imine (C=N–C) groups is 1. The zero-order valence-corrected chi connectivity index (χ0v) is 18.7. The molecule has 0 bridgehead atoms. The number of likely N-dealkylation sites (tertiary alicyclic amines) is 1. The summed E-state index contributed by atoms with van der Waals surface area (Å²) in [6, 6.07) is 8.10. The Balaban J connectivity index is 1.86. The van der Waals surface area contributed by atoms with Crippen LogP contribution in [0.1, 0.15) is 35.7 Å². The molecule has 30 heavy (non-hydrogen) atoms. The van der Waals surface area contributed by atoms with Gasteiger partial charge in [-0.05, 0) is 43.9 Å². The van der Waals surface area contributed by atoms with Gasteiger partial charge in [-0.1, -0.05) is 12.1 Å². The second kappa shape index (κ2) is 12.2. The molecule has 1 aliphatic rings. The van der Waals surface area contributed by atoms with Gasteiger partial charge in [-0.15, -0.1) is 0 Å². The average molecular weight is 417 g/mol. The zero-order valence-electron chi connectivity index (χ0n) is 18.7. The molecule has 0 aliphatic carbocycles. The van der Waals surface area contributed by atoms with Gasteiger partial charge in [0.25, 0.3) is 5.91 Å². The van der Waals surface area contributed by atoms with Gasteiger partial charge in [0.1, 0.15) is 0 Å². The Morgan fingerprint density at radius 2 is 1.97 bits per heavy atom. The Hall–Kier alpha value is -2.61. The van der Waals surface area contributed by atoms with Gasteiger partial charge in [-0.25, -0.2) is 0 Å². The molecule has 0 saturated carbocycles. The van der Waals surface area contributed by atoms with Crippen LogP contribution >= 0.6 is 0 Å². The number of amides is 2. The third-order valence-corrected chi connectivity index (χ3v) is 5.17. The van der Waals surface area contributed by atoms with Crippen LogP contribution in [0.3, 0.4) is 0 Å². The van der Waals surface area contributed by atoms with Crippen molar-refractivity contribution in [1.82, 2.24) is 25.8 Å². The highest BCUT2D eigenvalue weighted by Gasteiger charge is 2.21. The number of carbonyl (C=O) groups is 2. The van der Waals surface area contributed by atoms with Crippen LogP contribution in [-0.2, 0) is 11.2 Å². The second-order valence-corrected chi connectivity index (χ2v) is 7.78. The molecule has 0 radical (unpaired) electrons. The summed E-state index contributed by atoms with van der Waals surface area (Å²) in [5.41, 5.74) is 1.81. The first-order chi connectivity index (χ1) is 14.4. The van der Waals surface area contributed by atoms with E-state index in [-0.39, 0.29) is 11.8 Å². The average Bonchev–Trinajstić information content (AvgIpc) is 2.74. The van der Waals surface area contributed by atoms with E-state index in [1.165, 1.54) is 0 Å². The third kappa shape index (κ3) is 7.67. The maximum atomic E-state index is 12.1. The minimum atomic E-state index is 0.0121. The van der Waals surface area contributed by atoms with Crippen LogP contribution in [0.15, 0.2) is 29.3 Å². The number of hydrogen-bond acceptors (Lipinski definition) is 4. The lowest BCUT2D eigenvalue weighted by atomic mass is 10.1. The number of piperidine rings is 1. The number of likely N-dealkylation sites (N-methyl/N-ethyl adjacent to an activating group) is 1. The van der Waals surface area contributed by atoms with Crippen molar-refractivity contribution in [2.75, 3.05) is 53.9 Å². The highest BCUT2D eigenvalue weighted by Crippen LogP contribution is 2.10. The number of rotatable bonds is 8. The highest BCUT2D eigenvalue weighted by molar-refractivity contribution is 5.94. The Labute approximate surface area is 180 Å². The highest BCUT2D eigenvalue weighted by atomic mass is 16.2. The Bertz CT molecular complexity index is 726. The number of nitrogens with one attached hydrogen (secondary N) is 3. The van der Waals surface area contributed by atoms with E-state index in [4.69, 9.17) is 4.99 Å². The molecule has 0 spiro atoms. The maximum Gasteiger partial charge on any atom is 0.253 e. The molecule has 0 aromatic heterocycles. The minimum Gasteiger partial charge on any atom is -0.358 e. The van der Waals surface area contributed by atoms with Gasteiger partial charge in [0, 0.05) is 58.9 Å². The van der Waals surface area contributed by atoms with Crippen LogP contribution < -0.4 is 16.0 Å². The fourth-order valence-electron chi connectivity index (χ4n) is 3.45. The first kappa shape index (κ1) is 23.7. The third-order valence-electron chi connectivity index (χ3n) is 5.17. The van der Waals surface area contributed by atoms with Gasteiger partial charge < -0.3 is 20.9 Å². The lowest BCUT2D eigenvalue weighted by molar-refractivity contribution is -0.122. The molecule has 1 aromatic carbocycles. The van der Waals surface area contributed by atoms with Gasteiger partial charge in [-0.2, -0.15) is 0 Å². The van der Waals surface area contributed by atoms with E-state index in [0.717, 1.165) is 50.4 Å². The van der Waals surface area contributed by atoms with Crippen LogP contribution in [0.5, 0.6) is 0 Å². The van der Waals surface area contributed by atoms with E-state index in [2.05, 4.69) is 27.8 Å². The summed E-state index contributed by atoms with van der Waals surface area (Å²) in [5, 5.41) is 9.52. The molecule has 1 saturated heterocycles. The fourth-order valence-corrected chi connectivity index (χ4v) is 3.45. The van der Waals surface area contributed by atoms with E-state index in [1.54, 1.807) is 26.0 Å². The molecule has 1 aromatic rings. The molecule has 1 aliphatic heterocycles. The summed E-state index contributed by atoms with van der Waals surface area (Å²) >= 11 is 0. The van der Waals surface area contributed by atoms with Gasteiger partial charge in [-0.3, -0.25) is 19.5 Å². The number of hydrogen-bond donors (Lipinski definition) is 3. The largest absolute Gasteiger partial charge is 0.358 e. The van der Waals surface area contributed by atoms with E-state index >= 15 is 0 Å². The van der Waals surface area contributed by atoms with Crippen molar-refractivity contribution in [2.24, 2.45) is 4.99 Å². The Morgan fingerprint density at radius 1 is 1.23 bits per heavy atom. The minimum absolute atomic E-state index is 0.0121. The number of guanidine groups is 1. The van der Waals surface area contributed by atoms with Crippen molar-refractivity contribution in [1.29, 1.82) is 0 Å². The van der Waals surface area contributed by atoms with E-state index in [9.17, 15) is 9.59 Å². The molecular formula is C22H36N6O2. The topological polar surface area (TPSA) is 89.1 Å². The molecule has 2 rings (SSSR count). The van der Waals surface area contributed by atoms with Gasteiger partial charge >= 0.3 is 0 Å². The second-order valence-electron chi connectivity index (χ2n) is 7.78. The van der Waals surface area contributed by atoms with Crippen LogP contribution in [-0.4, -0.2) is 87.5 Å². The van der Waals surface area contributed by atoms with Crippen molar-refractivity contribution in [3.8, 4) is 0 Å². The standard InChI is InChI=1S/C22H36N6O2/c1-5-24-22(26-19-10-13-28(14-11-19)16-20(29)23-2)25-12-9-17-7-6-8-18(15-17)21(30)27(3)4/h6-8,15,19H,5,9-14,16H2,1-4H3,(H,23,29)(H2,24,25,26). The normalized spacial score (nSPS) is 15.5. The summed E-state index contributed by atoms with van der Waals surface area (Å²) in [4.78, 5) is 32.2. The summed E-state index contributed by atoms with van der Waals surface area (Å²) < 4.78 is 0. The lowest BCUT2D eigenvalue weighted by Gasteiger charge is -2.32. The first-order valence-electron chi connectivity index (χ1n) is 10.7. The lowest BCUT2D eigenvalue weighted by Crippen LogP contribution is -2.50. The smallest absolute Gasteiger partial charge is 0.253 e. The first-order valence-corrected chi connectivity index (χ1v) is 10.7. The summed E-state index contributed by atoms with van der Waals surface area (Å²) in [5.74, 6) is 0.897. The van der Waals surface area contributed by atoms with Gasteiger partial charge in [0.2, 0.25) is 5.91 Å².